The van der Waals surface area contributed by atoms with E-state index in [1.807, 2.05) is 6.92 Å². The molecule has 3 rings (SSSR count). The van der Waals surface area contributed by atoms with E-state index >= 15 is 0 Å². The number of nitrogens with zero attached hydrogens (tertiary/aromatic N) is 1. The summed E-state index contributed by atoms with van der Waals surface area (Å²) < 4.78 is 5.36. The highest BCUT2D eigenvalue weighted by molar-refractivity contribution is 6.21. The summed E-state index contributed by atoms with van der Waals surface area (Å²) in [7, 11) is 0. The van der Waals surface area contributed by atoms with Crippen LogP contribution in [0.1, 0.15) is 34.1 Å². The Bertz CT molecular complexity index is 470. The summed E-state index contributed by atoms with van der Waals surface area (Å²) in [4.78, 5) is 25.5. The van der Waals surface area contributed by atoms with E-state index in [4.69, 9.17) is 4.74 Å². The number of benzene rings is 1. The van der Waals surface area contributed by atoms with Crippen LogP contribution in [0.4, 0.5) is 0 Å². The van der Waals surface area contributed by atoms with Crippen molar-refractivity contribution in [3.8, 4) is 0 Å². The molecular weight excluding hydrogens is 218 g/mol. The maximum atomic E-state index is 12.1. The number of rotatable bonds is 3. The van der Waals surface area contributed by atoms with Crippen molar-refractivity contribution >= 4 is 11.8 Å². The van der Waals surface area contributed by atoms with Crippen LogP contribution in [0.25, 0.3) is 0 Å². The summed E-state index contributed by atoms with van der Waals surface area (Å²) in [6.45, 7) is 3.01. The fraction of sp³-hybridized carbons (Fsp3) is 0.385. The van der Waals surface area contributed by atoms with Crippen LogP contribution in [0.15, 0.2) is 24.3 Å². The van der Waals surface area contributed by atoms with Gasteiger partial charge in [-0.05, 0) is 18.6 Å². The predicted octanol–water partition coefficient (Wildman–Crippen LogP) is 1.46. The standard InChI is InChI=1S/C13H13NO3/c1-2-13(8-17-13)7-14-11(15)9-5-3-4-6-10(9)12(14)16/h3-6H,2,7-8H2,1H3. The van der Waals surface area contributed by atoms with E-state index in [2.05, 4.69) is 0 Å². The molecule has 1 unspecified atom stereocenters. The molecule has 88 valence electrons. The van der Waals surface area contributed by atoms with Crippen LogP contribution in [0.3, 0.4) is 0 Å². The SMILES string of the molecule is CCC1(CN2C(=O)c3ccccc3C2=O)CO1. The number of fused-ring (bicyclic) bond motifs is 1. The van der Waals surface area contributed by atoms with E-state index in [1.54, 1.807) is 24.3 Å². The first-order valence-corrected chi connectivity index (χ1v) is 5.76. The van der Waals surface area contributed by atoms with E-state index < -0.39 is 0 Å². The molecule has 0 bridgehead atoms. The van der Waals surface area contributed by atoms with Crippen LogP contribution in [0.5, 0.6) is 0 Å². The molecular formula is C13H13NO3. The molecule has 2 aliphatic heterocycles. The second-order valence-corrected chi connectivity index (χ2v) is 4.57. The number of amides is 2. The average molecular weight is 231 g/mol. The Morgan fingerprint density at radius 3 is 2.18 bits per heavy atom. The summed E-state index contributed by atoms with van der Waals surface area (Å²) >= 11 is 0. The minimum atomic E-state index is -0.284. The molecule has 1 saturated heterocycles. The van der Waals surface area contributed by atoms with Gasteiger partial charge in [-0.2, -0.15) is 0 Å². The molecule has 0 radical (unpaired) electrons. The highest BCUT2D eigenvalue weighted by Crippen LogP contribution is 2.34. The van der Waals surface area contributed by atoms with Gasteiger partial charge in [-0.25, -0.2) is 0 Å². The molecule has 17 heavy (non-hydrogen) atoms. The van der Waals surface area contributed by atoms with Crippen molar-refractivity contribution in [3.63, 3.8) is 0 Å². The van der Waals surface area contributed by atoms with Crippen LogP contribution in [-0.4, -0.2) is 35.5 Å². The third-order valence-electron chi connectivity index (χ3n) is 3.52. The lowest BCUT2D eigenvalue weighted by atomic mass is 10.1. The fourth-order valence-corrected chi connectivity index (χ4v) is 2.18. The molecule has 2 aliphatic rings. The molecule has 0 aliphatic carbocycles. The smallest absolute Gasteiger partial charge is 0.261 e. The van der Waals surface area contributed by atoms with Gasteiger partial charge >= 0.3 is 0 Å². The third-order valence-corrected chi connectivity index (χ3v) is 3.52. The molecule has 1 atom stereocenters. The molecule has 1 aromatic carbocycles. The molecule has 0 spiro atoms. The highest BCUT2D eigenvalue weighted by atomic mass is 16.6. The Morgan fingerprint density at radius 1 is 1.24 bits per heavy atom. The Hall–Kier alpha value is -1.68. The van der Waals surface area contributed by atoms with Crippen LogP contribution < -0.4 is 0 Å². The molecule has 0 aromatic heterocycles. The lowest BCUT2D eigenvalue weighted by Gasteiger charge is -2.17. The lowest BCUT2D eigenvalue weighted by molar-refractivity contribution is 0.0607. The van der Waals surface area contributed by atoms with Crippen molar-refractivity contribution in [2.24, 2.45) is 0 Å². The Morgan fingerprint density at radius 2 is 1.76 bits per heavy atom. The Balaban J connectivity index is 1.90. The molecule has 0 N–H and O–H groups in total. The summed E-state index contributed by atoms with van der Waals surface area (Å²) in [5.41, 5.74) is 0.724. The van der Waals surface area contributed by atoms with E-state index in [1.165, 1.54) is 4.90 Å². The largest absolute Gasteiger partial charge is 0.368 e. The third kappa shape index (κ3) is 1.48. The molecule has 1 fully saturated rings. The molecule has 2 amide bonds. The van der Waals surface area contributed by atoms with Gasteiger partial charge in [-0.15, -0.1) is 0 Å². The maximum absolute atomic E-state index is 12.1. The number of imide groups is 1. The Labute approximate surface area is 99.2 Å². The van der Waals surface area contributed by atoms with Gasteiger partial charge in [0.05, 0.1) is 24.3 Å². The topological polar surface area (TPSA) is 49.9 Å². The second-order valence-electron chi connectivity index (χ2n) is 4.57. The normalized spacial score (nSPS) is 26.3. The first kappa shape index (κ1) is 10.5. The van der Waals surface area contributed by atoms with Crippen LogP contribution in [0.2, 0.25) is 0 Å². The van der Waals surface area contributed by atoms with Gasteiger partial charge in [0.2, 0.25) is 0 Å². The van der Waals surface area contributed by atoms with Crippen molar-refractivity contribution in [1.82, 2.24) is 4.90 Å². The quantitative estimate of drug-likeness (QED) is 0.584. The monoisotopic (exact) mass is 231 g/mol. The zero-order valence-electron chi connectivity index (χ0n) is 9.60. The van der Waals surface area contributed by atoms with E-state index in [0.29, 0.717) is 24.3 Å². The molecule has 0 saturated carbocycles. The fourth-order valence-electron chi connectivity index (χ4n) is 2.18. The number of epoxide rings is 1. The summed E-state index contributed by atoms with van der Waals surface area (Å²) in [6.07, 6.45) is 0.820. The zero-order chi connectivity index (χ0) is 12.0. The number of carbonyl (C=O) groups excluding carboxylic acids is 2. The molecule has 1 aromatic rings. The van der Waals surface area contributed by atoms with Crippen LogP contribution >= 0.6 is 0 Å². The number of ether oxygens (including phenoxy) is 1. The van der Waals surface area contributed by atoms with Crippen molar-refractivity contribution in [2.75, 3.05) is 13.2 Å². The Kier molecular flexibility index (Phi) is 2.10. The number of hydrogen-bond acceptors (Lipinski definition) is 3. The summed E-state index contributed by atoms with van der Waals surface area (Å²) in [5, 5.41) is 0. The van der Waals surface area contributed by atoms with Crippen LogP contribution in [-0.2, 0) is 4.74 Å². The second kappa shape index (κ2) is 3.40. The van der Waals surface area contributed by atoms with Crippen molar-refractivity contribution in [1.29, 1.82) is 0 Å². The van der Waals surface area contributed by atoms with Gasteiger partial charge in [-0.1, -0.05) is 19.1 Å². The van der Waals surface area contributed by atoms with E-state index in [0.717, 1.165) is 6.42 Å². The minimum Gasteiger partial charge on any atom is -0.368 e. The number of carbonyl (C=O) groups is 2. The summed E-state index contributed by atoms with van der Waals surface area (Å²) in [5.74, 6) is -0.400. The maximum Gasteiger partial charge on any atom is 0.261 e. The minimum absolute atomic E-state index is 0.200. The van der Waals surface area contributed by atoms with E-state index in [9.17, 15) is 9.59 Å². The molecule has 2 heterocycles. The van der Waals surface area contributed by atoms with Gasteiger partial charge in [-0.3, -0.25) is 14.5 Å². The first-order valence-electron chi connectivity index (χ1n) is 5.76. The van der Waals surface area contributed by atoms with Crippen LogP contribution in [0, 0.1) is 0 Å². The average Bonchev–Trinajstić information content (AvgIpc) is 3.10. The zero-order valence-corrected chi connectivity index (χ0v) is 9.60. The van der Waals surface area contributed by atoms with Crippen molar-refractivity contribution < 1.29 is 14.3 Å². The van der Waals surface area contributed by atoms with Gasteiger partial charge in [0.15, 0.2) is 0 Å². The number of hydrogen-bond donors (Lipinski definition) is 0. The lowest BCUT2D eigenvalue weighted by Crippen LogP contribution is -2.38. The van der Waals surface area contributed by atoms with Crippen molar-refractivity contribution in [3.05, 3.63) is 35.4 Å². The van der Waals surface area contributed by atoms with Gasteiger partial charge < -0.3 is 4.74 Å². The first-order chi connectivity index (χ1) is 8.17. The van der Waals surface area contributed by atoms with Crippen molar-refractivity contribution in [2.45, 2.75) is 18.9 Å². The van der Waals surface area contributed by atoms with Gasteiger partial charge in [0.1, 0.15) is 5.60 Å². The van der Waals surface area contributed by atoms with E-state index in [-0.39, 0.29) is 17.4 Å². The summed E-state index contributed by atoms with van der Waals surface area (Å²) in [6, 6.07) is 6.94. The molecule has 4 heteroatoms. The van der Waals surface area contributed by atoms with Gasteiger partial charge in [0, 0.05) is 0 Å². The van der Waals surface area contributed by atoms with Gasteiger partial charge in [0.25, 0.3) is 11.8 Å². The predicted molar refractivity (Wildman–Crippen MR) is 60.8 cm³/mol. The highest BCUT2D eigenvalue weighted by Gasteiger charge is 2.48. The molecule has 4 nitrogen and oxygen atoms in total.